The van der Waals surface area contributed by atoms with E-state index in [0.717, 1.165) is 24.8 Å². The Bertz CT molecular complexity index is 769. The molecule has 0 saturated heterocycles. The molecule has 0 bridgehead atoms. The zero-order valence-corrected chi connectivity index (χ0v) is 14.3. The highest BCUT2D eigenvalue weighted by Crippen LogP contribution is 2.18. The fourth-order valence-corrected chi connectivity index (χ4v) is 3.10. The molecule has 2 aromatic carbocycles. The highest BCUT2D eigenvalue weighted by atomic mass is 16.1. The minimum Gasteiger partial charge on any atom is -0.299 e. The molecule has 1 heterocycles. The summed E-state index contributed by atoms with van der Waals surface area (Å²) in [4.78, 5) is 17.1. The van der Waals surface area contributed by atoms with Gasteiger partial charge in [-0.25, -0.2) is 0 Å². The molecule has 2 nitrogen and oxygen atoms in total. The summed E-state index contributed by atoms with van der Waals surface area (Å²) in [6.45, 7) is 0. The Morgan fingerprint density at radius 2 is 1.44 bits per heavy atom. The number of ketones is 1. The van der Waals surface area contributed by atoms with Gasteiger partial charge in [-0.3, -0.25) is 9.78 Å². The minimum atomic E-state index is 0.0304. The van der Waals surface area contributed by atoms with Gasteiger partial charge in [-0.15, -0.1) is 0 Å². The van der Waals surface area contributed by atoms with Crippen molar-refractivity contribution < 1.29 is 4.79 Å². The number of benzene rings is 2. The lowest BCUT2D eigenvalue weighted by molar-refractivity contribution is -0.122. The number of aromatic nitrogens is 1. The van der Waals surface area contributed by atoms with Gasteiger partial charge < -0.3 is 0 Å². The molecule has 0 aliphatic heterocycles. The van der Waals surface area contributed by atoms with Crippen LogP contribution in [0.5, 0.6) is 0 Å². The number of hydrogen-bond acceptors (Lipinski definition) is 2. The lowest BCUT2D eigenvalue weighted by Gasteiger charge is -2.16. The van der Waals surface area contributed by atoms with E-state index in [9.17, 15) is 4.79 Å². The first-order chi connectivity index (χ1) is 12.3. The second kappa shape index (κ2) is 8.93. The van der Waals surface area contributed by atoms with Crippen molar-refractivity contribution in [3.63, 3.8) is 0 Å². The van der Waals surface area contributed by atoms with Crippen LogP contribution in [-0.4, -0.2) is 10.8 Å². The summed E-state index contributed by atoms with van der Waals surface area (Å²) in [5.74, 6) is 0.349. The van der Waals surface area contributed by atoms with Crippen LogP contribution in [0.3, 0.4) is 0 Å². The van der Waals surface area contributed by atoms with Crippen LogP contribution < -0.4 is 0 Å². The monoisotopic (exact) mass is 329 g/mol. The molecule has 0 saturated carbocycles. The average Bonchev–Trinajstić information content (AvgIpc) is 2.67. The van der Waals surface area contributed by atoms with Gasteiger partial charge in [-0.2, -0.15) is 0 Å². The molecule has 3 rings (SSSR count). The number of rotatable bonds is 8. The maximum Gasteiger partial charge on any atom is 0.140 e. The van der Waals surface area contributed by atoms with Crippen molar-refractivity contribution in [2.45, 2.75) is 25.7 Å². The molecule has 0 aliphatic rings. The number of pyridine rings is 1. The van der Waals surface area contributed by atoms with E-state index in [1.54, 1.807) is 6.20 Å². The van der Waals surface area contributed by atoms with Gasteiger partial charge in [0.15, 0.2) is 0 Å². The van der Waals surface area contributed by atoms with E-state index in [1.807, 2.05) is 60.8 Å². The molecule has 0 N–H and O–H groups in total. The van der Waals surface area contributed by atoms with Gasteiger partial charge >= 0.3 is 0 Å². The number of aryl methyl sites for hydroxylation is 1. The third-order valence-electron chi connectivity index (χ3n) is 4.51. The van der Waals surface area contributed by atoms with Crippen LogP contribution in [0, 0.1) is 5.92 Å². The maximum atomic E-state index is 12.9. The van der Waals surface area contributed by atoms with Crippen LogP contribution in [0.4, 0.5) is 0 Å². The third-order valence-corrected chi connectivity index (χ3v) is 4.51. The van der Waals surface area contributed by atoms with Crippen LogP contribution in [0.2, 0.25) is 0 Å². The second-order valence-electron chi connectivity index (χ2n) is 6.42. The summed E-state index contributed by atoms with van der Waals surface area (Å²) in [5.41, 5.74) is 3.50. The molecule has 126 valence electrons. The molecule has 0 spiro atoms. The molecule has 0 amide bonds. The Morgan fingerprint density at radius 3 is 2.08 bits per heavy atom. The molecule has 0 fully saturated rings. The van der Waals surface area contributed by atoms with Crippen LogP contribution in [0.15, 0.2) is 85.2 Å². The van der Waals surface area contributed by atoms with Gasteiger partial charge in [0.05, 0.1) is 0 Å². The molecule has 1 unspecified atom stereocenters. The smallest absolute Gasteiger partial charge is 0.140 e. The van der Waals surface area contributed by atoms with Gasteiger partial charge in [0.2, 0.25) is 0 Å². The Labute approximate surface area is 149 Å². The predicted molar refractivity (Wildman–Crippen MR) is 101 cm³/mol. The first kappa shape index (κ1) is 17.1. The third kappa shape index (κ3) is 5.39. The zero-order chi connectivity index (χ0) is 17.3. The van der Waals surface area contributed by atoms with Crippen molar-refractivity contribution >= 4 is 5.78 Å². The van der Waals surface area contributed by atoms with Crippen molar-refractivity contribution in [3.05, 3.63) is 102 Å². The Balaban J connectivity index is 1.70. The fraction of sp³-hybridized carbons (Fsp3) is 0.217. The molecule has 0 radical (unpaired) electrons. The number of hydrogen-bond donors (Lipinski definition) is 0. The molecule has 1 aromatic heterocycles. The first-order valence-corrected chi connectivity index (χ1v) is 8.81. The van der Waals surface area contributed by atoms with E-state index in [-0.39, 0.29) is 5.92 Å². The first-order valence-electron chi connectivity index (χ1n) is 8.81. The lowest BCUT2D eigenvalue weighted by Crippen LogP contribution is -2.20. The summed E-state index contributed by atoms with van der Waals surface area (Å²) < 4.78 is 0. The van der Waals surface area contributed by atoms with Gasteiger partial charge in [0, 0.05) is 24.7 Å². The van der Waals surface area contributed by atoms with E-state index >= 15 is 0 Å². The van der Waals surface area contributed by atoms with Crippen molar-refractivity contribution in [2.24, 2.45) is 5.92 Å². The normalized spacial score (nSPS) is 11.8. The molecule has 0 aliphatic carbocycles. The van der Waals surface area contributed by atoms with Gasteiger partial charge in [0.25, 0.3) is 0 Å². The van der Waals surface area contributed by atoms with Crippen LogP contribution >= 0.6 is 0 Å². The van der Waals surface area contributed by atoms with Crippen molar-refractivity contribution in [1.82, 2.24) is 4.98 Å². The van der Waals surface area contributed by atoms with Crippen LogP contribution in [0.25, 0.3) is 0 Å². The highest BCUT2D eigenvalue weighted by Gasteiger charge is 2.19. The summed E-state index contributed by atoms with van der Waals surface area (Å²) in [6.07, 6.45) is 6.71. The second-order valence-corrected chi connectivity index (χ2v) is 6.42. The van der Waals surface area contributed by atoms with Crippen LogP contribution in [0.1, 0.15) is 23.1 Å². The minimum absolute atomic E-state index is 0.0304. The Hall–Kier alpha value is -2.74. The van der Waals surface area contributed by atoms with Gasteiger partial charge in [-0.05, 0) is 42.0 Å². The Morgan fingerprint density at radius 1 is 0.800 bits per heavy atom. The number of carbonyl (C=O) groups is 1. The standard InChI is InChI=1S/C23H23NO/c25-23(17-20-10-5-2-6-11-20)22(16-19-8-3-1-4-9-19)14-13-21-12-7-15-24-18-21/h1-12,15,18,22H,13-14,16-17H2. The van der Waals surface area contributed by atoms with Gasteiger partial charge in [0.1, 0.15) is 5.78 Å². The van der Waals surface area contributed by atoms with E-state index in [1.165, 1.54) is 11.1 Å². The van der Waals surface area contributed by atoms with E-state index in [4.69, 9.17) is 0 Å². The zero-order valence-electron chi connectivity index (χ0n) is 14.3. The Kier molecular flexibility index (Phi) is 6.11. The van der Waals surface area contributed by atoms with Crippen molar-refractivity contribution in [3.8, 4) is 0 Å². The summed E-state index contributed by atoms with van der Waals surface area (Å²) in [6, 6.07) is 24.3. The van der Waals surface area contributed by atoms with E-state index in [2.05, 4.69) is 23.2 Å². The van der Waals surface area contributed by atoms with Gasteiger partial charge in [-0.1, -0.05) is 66.7 Å². The highest BCUT2D eigenvalue weighted by molar-refractivity contribution is 5.83. The molecule has 25 heavy (non-hydrogen) atoms. The predicted octanol–water partition coefficient (Wildman–Crippen LogP) is 4.68. The summed E-state index contributed by atoms with van der Waals surface area (Å²) in [7, 11) is 0. The average molecular weight is 329 g/mol. The topological polar surface area (TPSA) is 30.0 Å². The van der Waals surface area contributed by atoms with E-state index in [0.29, 0.717) is 12.2 Å². The van der Waals surface area contributed by atoms with Crippen molar-refractivity contribution in [1.29, 1.82) is 0 Å². The molecule has 3 aromatic rings. The lowest BCUT2D eigenvalue weighted by atomic mass is 9.87. The van der Waals surface area contributed by atoms with Crippen LogP contribution in [-0.2, 0) is 24.1 Å². The largest absolute Gasteiger partial charge is 0.299 e. The SMILES string of the molecule is O=C(Cc1ccccc1)C(CCc1cccnc1)Cc1ccccc1. The van der Waals surface area contributed by atoms with Crippen molar-refractivity contribution in [2.75, 3.05) is 0 Å². The summed E-state index contributed by atoms with van der Waals surface area (Å²) >= 11 is 0. The fourth-order valence-electron chi connectivity index (χ4n) is 3.10. The number of Topliss-reactive ketones (excluding diaryl/α,β-unsaturated/α-hetero) is 1. The maximum absolute atomic E-state index is 12.9. The molecular weight excluding hydrogens is 306 g/mol. The molecular formula is C23H23NO. The summed E-state index contributed by atoms with van der Waals surface area (Å²) in [5, 5.41) is 0. The number of carbonyl (C=O) groups excluding carboxylic acids is 1. The quantitative estimate of drug-likeness (QED) is 0.600. The number of nitrogens with zero attached hydrogens (tertiary/aromatic N) is 1. The molecule has 1 atom stereocenters. The molecule has 2 heteroatoms. The van der Waals surface area contributed by atoms with E-state index < -0.39 is 0 Å².